The van der Waals surface area contributed by atoms with E-state index in [4.69, 9.17) is 10.0 Å². The van der Waals surface area contributed by atoms with Gasteiger partial charge in [-0.05, 0) is 46.4 Å². The van der Waals surface area contributed by atoms with E-state index < -0.39 is 7.32 Å². The van der Waals surface area contributed by atoms with Crippen LogP contribution in [0.4, 0.5) is 4.39 Å². The van der Waals surface area contributed by atoms with Crippen LogP contribution in [0.5, 0.6) is 0 Å². The van der Waals surface area contributed by atoms with E-state index in [1.807, 2.05) is 22.6 Å². The van der Waals surface area contributed by atoms with E-state index in [9.17, 15) is 4.39 Å². The molecule has 0 bridgehead atoms. The number of halogens is 2. The fraction of sp³-hybridized carbons (Fsp3) is 0.143. The highest BCUT2D eigenvalue weighted by atomic mass is 127. The Balaban J connectivity index is 2.70. The van der Waals surface area contributed by atoms with E-state index in [0.717, 1.165) is 3.57 Å². The summed E-state index contributed by atoms with van der Waals surface area (Å²) < 4.78 is 18.0. The van der Waals surface area contributed by atoms with Crippen LogP contribution in [-0.2, 0) is 11.3 Å². The van der Waals surface area contributed by atoms with Gasteiger partial charge in [0.05, 0.1) is 6.61 Å². The third kappa shape index (κ3) is 3.59. The highest BCUT2D eigenvalue weighted by molar-refractivity contribution is 14.1. The molecule has 0 fully saturated rings. The van der Waals surface area contributed by atoms with Gasteiger partial charge in [0.2, 0.25) is 0 Å². The van der Waals surface area contributed by atoms with Crippen molar-refractivity contribution in [2.75, 3.05) is 0 Å². The highest BCUT2D eigenvalue weighted by Gasteiger charge is 2.10. The van der Waals surface area contributed by atoms with Crippen molar-refractivity contribution in [2.45, 2.75) is 6.61 Å². The first-order chi connectivity index (χ1) is 6.09. The molecule has 0 heterocycles. The van der Waals surface area contributed by atoms with Crippen LogP contribution in [0.1, 0.15) is 5.56 Å². The second-order valence-electron chi connectivity index (χ2n) is 2.37. The van der Waals surface area contributed by atoms with Gasteiger partial charge in [0, 0.05) is 3.57 Å². The zero-order valence-corrected chi connectivity index (χ0v) is 8.73. The normalized spacial score (nSPS) is 10.2. The monoisotopic (exact) mass is 296 g/mol. The first-order valence-electron chi connectivity index (χ1n) is 3.51. The zero-order valence-electron chi connectivity index (χ0n) is 6.58. The van der Waals surface area contributed by atoms with Crippen molar-refractivity contribution >= 4 is 29.9 Å². The lowest BCUT2D eigenvalue weighted by Crippen LogP contribution is -2.16. The molecule has 0 amide bonds. The van der Waals surface area contributed by atoms with Crippen molar-refractivity contribution in [1.29, 1.82) is 0 Å². The van der Waals surface area contributed by atoms with E-state index in [-0.39, 0.29) is 12.4 Å². The predicted octanol–water partition coefficient (Wildman–Crippen LogP) is 0.916. The number of hydrogen-bond donors (Lipinski definition) is 2. The molecule has 0 aliphatic carbocycles. The fourth-order valence-electron chi connectivity index (χ4n) is 0.818. The number of rotatable bonds is 3. The SMILES string of the molecule is OB(O)OCc1cc(F)ccc1I. The zero-order chi connectivity index (χ0) is 9.84. The van der Waals surface area contributed by atoms with Gasteiger partial charge in [-0.25, -0.2) is 4.39 Å². The van der Waals surface area contributed by atoms with Crippen molar-refractivity contribution < 1.29 is 19.1 Å². The number of benzene rings is 1. The molecule has 0 aromatic heterocycles. The lowest BCUT2D eigenvalue weighted by Gasteiger charge is -2.05. The molecule has 0 saturated heterocycles. The largest absolute Gasteiger partial charge is 0.634 e. The van der Waals surface area contributed by atoms with Gasteiger partial charge >= 0.3 is 7.32 Å². The molecule has 0 spiro atoms. The molecule has 0 aliphatic heterocycles. The molecule has 6 heteroatoms. The van der Waals surface area contributed by atoms with Crippen molar-refractivity contribution in [2.24, 2.45) is 0 Å². The Morgan fingerprint density at radius 1 is 1.46 bits per heavy atom. The summed E-state index contributed by atoms with van der Waals surface area (Å²) in [6.45, 7) is -0.0201. The predicted molar refractivity (Wildman–Crippen MR) is 54.1 cm³/mol. The molecule has 1 aromatic rings. The van der Waals surface area contributed by atoms with Crippen molar-refractivity contribution in [1.82, 2.24) is 0 Å². The Morgan fingerprint density at radius 3 is 2.77 bits per heavy atom. The Morgan fingerprint density at radius 2 is 2.15 bits per heavy atom. The van der Waals surface area contributed by atoms with Crippen LogP contribution in [0.3, 0.4) is 0 Å². The highest BCUT2D eigenvalue weighted by Crippen LogP contribution is 2.14. The summed E-state index contributed by atoms with van der Waals surface area (Å²) in [6.07, 6.45) is 0. The van der Waals surface area contributed by atoms with Gasteiger partial charge in [0.1, 0.15) is 5.82 Å². The van der Waals surface area contributed by atoms with Crippen molar-refractivity contribution in [3.63, 3.8) is 0 Å². The lowest BCUT2D eigenvalue weighted by atomic mass is 10.2. The molecule has 0 radical (unpaired) electrons. The molecule has 0 aliphatic rings. The van der Waals surface area contributed by atoms with Crippen LogP contribution >= 0.6 is 22.6 Å². The molecule has 0 saturated carbocycles. The standard InChI is InChI=1S/C7H7BFIO3/c9-6-1-2-7(10)5(3-6)4-13-8(11)12/h1-3,11-12H,4H2. The van der Waals surface area contributed by atoms with Gasteiger partial charge < -0.3 is 14.7 Å². The molecular formula is C7H7BFIO3. The molecule has 2 N–H and O–H groups in total. The van der Waals surface area contributed by atoms with Gasteiger partial charge in [-0.1, -0.05) is 0 Å². The molecule has 3 nitrogen and oxygen atoms in total. The van der Waals surface area contributed by atoms with E-state index in [0.29, 0.717) is 5.56 Å². The topological polar surface area (TPSA) is 49.7 Å². The summed E-state index contributed by atoms with van der Waals surface area (Å²) in [5.41, 5.74) is 0.591. The molecule has 0 atom stereocenters. The Labute approximate surface area is 88.9 Å². The van der Waals surface area contributed by atoms with E-state index in [1.165, 1.54) is 12.1 Å². The molecule has 1 aromatic carbocycles. The first-order valence-corrected chi connectivity index (χ1v) is 4.59. The molecule has 1 rings (SSSR count). The van der Waals surface area contributed by atoms with E-state index in [2.05, 4.69) is 4.65 Å². The van der Waals surface area contributed by atoms with Crippen LogP contribution in [0.15, 0.2) is 18.2 Å². The summed E-state index contributed by atoms with van der Waals surface area (Å²) >= 11 is 2.01. The van der Waals surface area contributed by atoms with E-state index >= 15 is 0 Å². The van der Waals surface area contributed by atoms with Crippen LogP contribution in [0.2, 0.25) is 0 Å². The second kappa shape index (κ2) is 4.89. The van der Waals surface area contributed by atoms with Crippen molar-refractivity contribution in [3.05, 3.63) is 33.1 Å². The second-order valence-corrected chi connectivity index (χ2v) is 3.54. The minimum Gasteiger partial charge on any atom is -0.402 e. The van der Waals surface area contributed by atoms with Crippen LogP contribution < -0.4 is 0 Å². The van der Waals surface area contributed by atoms with Gasteiger partial charge in [0.25, 0.3) is 0 Å². The maximum absolute atomic E-state index is 12.7. The Bertz CT molecular complexity index is 295. The van der Waals surface area contributed by atoms with Gasteiger partial charge in [-0.3, -0.25) is 0 Å². The molecule has 70 valence electrons. The quantitative estimate of drug-likeness (QED) is 0.644. The number of hydrogen-bond acceptors (Lipinski definition) is 3. The Kier molecular flexibility index (Phi) is 4.11. The summed E-state index contributed by atoms with van der Waals surface area (Å²) in [5, 5.41) is 16.8. The van der Waals surface area contributed by atoms with Crippen molar-refractivity contribution in [3.8, 4) is 0 Å². The minimum absolute atomic E-state index is 0.0201. The summed E-state index contributed by atoms with van der Waals surface area (Å²) in [7, 11) is -1.82. The Hall–Kier alpha value is -0.175. The lowest BCUT2D eigenvalue weighted by molar-refractivity contribution is 0.176. The molecule has 13 heavy (non-hydrogen) atoms. The summed E-state index contributed by atoms with van der Waals surface area (Å²) in [6, 6.07) is 4.23. The minimum atomic E-state index is -1.82. The third-order valence-corrected chi connectivity index (χ3v) is 2.45. The molecular weight excluding hydrogens is 289 g/mol. The summed E-state index contributed by atoms with van der Waals surface area (Å²) in [4.78, 5) is 0. The smallest absolute Gasteiger partial charge is 0.402 e. The summed E-state index contributed by atoms with van der Waals surface area (Å²) in [5.74, 6) is -0.369. The van der Waals surface area contributed by atoms with Crippen LogP contribution in [0, 0.1) is 9.39 Å². The van der Waals surface area contributed by atoms with Gasteiger partial charge in [-0.2, -0.15) is 0 Å². The van der Waals surface area contributed by atoms with E-state index in [1.54, 1.807) is 6.07 Å². The maximum atomic E-state index is 12.7. The third-order valence-electron chi connectivity index (χ3n) is 1.40. The molecule has 0 unspecified atom stereocenters. The average molecular weight is 296 g/mol. The van der Waals surface area contributed by atoms with Crippen LogP contribution in [0.25, 0.3) is 0 Å². The average Bonchev–Trinajstić information content (AvgIpc) is 2.06. The van der Waals surface area contributed by atoms with Gasteiger partial charge in [-0.15, -0.1) is 0 Å². The first kappa shape index (κ1) is 10.9. The van der Waals surface area contributed by atoms with Gasteiger partial charge in [0.15, 0.2) is 0 Å². The van der Waals surface area contributed by atoms with Crippen LogP contribution in [-0.4, -0.2) is 17.4 Å². The fourth-order valence-corrected chi connectivity index (χ4v) is 1.31. The maximum Gasteiger partial charge on any atom is 0.634 e.